The number of nitrogens with two attached hydrogens (primary N) is 1. The van der Waals surface area contributed by atoms with E-state index in [1.165, 1.54) is 16.7 Å². The summed E-state index contributed by atoms with van der Waals surface area (Å²) in [6, 6.07) is 4.44. The van der Waals surface area contributed by atoms with Gasteiger partial charge in [-0.05, 0) is 35.8 Å². The molecule has 1 saturated carbocycles. The van der Waals surface area contributed by atoms with Crippen LogP contribution in [-0.2, 0) is 5.54 Å². The zero-order chi connectivity index (χ0) is 13.5. The molecule has 1 aliphatic rings. The third-order valence-electron chi connectivity index (χ3n) is 3.96. The fraction of sp³-hybridized carbons (Fsp3) is 0.625. The van der Waals surface area contributed by atoms with E-state index >= 15 is 0 Å². The van der Waals surface area contributed by atoms with Crippen LogP contribution in [0, 0.1) is 0 Å². The van der Waals surface area contributed by atoms with Crippen LogP contribution < -0.4 is 10.5 Å². The zero-order valence-electron chi connectivity index (χ0n) is 12.2. The smallest absolute Gasteiger partial charge is 0.127 e. The Morgan fingerprint density at radius 2 is 1.56 bits per heavy atom. The average Bonchev–Trinajstić information content (AvgIpc) is 3.06. The summed E-state index contributed by atoms with van der Waals surface area (Å²) in [4.78, 5) is 0. The number of ether oxygens (including phenoxy) is 1. The second-order valence-corrected chi connectivity index (χ2v) is 6.12. The molecule has 0 aromatic heterocycles. The molecule has 100 valence electrons. The lowest BCUT2D eigenvalue weighted by Crippen LogP contribution is -2.23. The van der Waals surface area contributed by atoms with Crippen molar-refractivity contribution in [1.82, 2.24) is 0 Å². The van der Waals surface area contributed by atoms with Gasteiger partial charge in [-0.1, -0.05) is 39.8 Å². The predicted octanol–water partition coefficient (Wildman–Crippen LogP) is 3.89. The van der Waals surface area contributed by atoms with Crippen LogP contribution in [0.4, 0.5) is 0 Å². The standard InChI is InChI=1S/C16H25NO/c1-10(2)12-6-7-13(11(3)4)15(18-5)14(12)16(17)8-9-16/h6-7,10-11H,8-9,17H2,1-5H3. The van der Waals surface area contributed by atoms with Crippen molar-refractivity contribution >= 4 is 0 Å². The fourth-order valence-corrected chi connectivity index (χ4v) is 2.67. The molecule has 1 aromatic rings. The van der Waals surface area contributed by atoms with E-state index in [0.717, 1.165) is 18.6 Å². The van der Waals surface area contributed by atoms with Gasteiger partial charge in [0, 0.05) is 11.1 Å². The maximum Gasteiger partial charge on any atom is 0.127 e. The van der Waals surface area contributed by atoms with Crippen molar-refractivity contribution in [3.8, 4) is 5.75 Å². The van der Waals surface area contributed by atoms with Gasteiger partial charge in [0.2, 0.25) is 0 Å². The molecule has 2 rings (SSSR count). The van der Waals surface area contributed by atoms with Gasteiger partial charge in [-0.25, -0.2) is 0 Å². The maximum atomic E-state index is 6.47. The van der Waals surface area contributed by atoms with E-state index < -0.39 is 0 Å². The maximum absolute atomic E-state index is 6.47. The molecule has 0 atom stereocenters. The van der Waals surface area contributed by atoms with Gasteiger partial charge >= 0.3 is 0 Å². The number of benzene rings is 1. The molecule has 1 fully saturated rings. The van der Waals surface area contributed by atoms with Gasteiger partial charge in [0.05, 0.1) is 7.11 Å². The van der Waals surface area contributed by atoms with Crippen LogP contribution in [0.3, 0.4) is 0 Å². The van der Waals surface area contributed by atoms with Gasteiger partial charge in [0.15, 0.2) is 0 Å². The van der Waals surface area contributed by atoms with E-state index in [2.05, 4.69) is 39.8 Å². The first-order valence-corrected chi connectivity index (χ1v) is 6.91. The molecule has 0 heterocycles. The Bertz CT molecular complexity index is 445. The molecular formula is C16H25NO. The summed E-state index contributed by atoms with van der Waals surface area (Å²) in [5.41, 5.74) is 10.2. The Hall–Kier alpha value is -1.02. The molecule has 0 radical (unpaired) electrons. The van der Waals surface area contributed by atoms with Gasteiger partial charge in [0.25, 0.3) is 0 Å². The summed E-state index contributed by atoms with van der Waals surface area (Å²) in [6.07, 6.45) is 2.15. The summed E-state index contributed by atoms with van der Waals surface area (Å²) in [7, 11) is 1.76. The van der Waals surface area contributed by atoms with E-state index in [-0.39, 0.29) is 5.54 Å². The van der Waals surface area contributed by atoms with Gasteiger partial charge in [-0.15, -0.1) is 0 Å². The van der Waals surface area contributed by atoms with Gasteiger partial charge in [0.1, 0.15) is 5.75 Å². The second kappa shape index (κ2) is 4.58. The van der Waals surface area contributed by atoms with Gasteiger partial charge in [-0.2, -0.15) is 0 Å². The van der Waals surface area contributed by atoms with E-state index in [1.807, 2.05) is 0 Å². The number of methoxy groups -OCH3 is 1. The Morgan fingerprint density at radius 1 is 1.06 bits per heavy atom. The first-order valence-electron chi connectivity index (χ1n) is 6.91. The van der Waals surface area contributed by atoms with Crippen molar-refractivity contribution in [3.05, 3.63) is 28.8 Å². The molecule has 2 nitrogen and oxygen atoms in total. The Balaban J connectivity index is 2.66. The summed E-state index contributed by atoms with van der Waals surface area (Å²) in [6.45, 7) is 8.84. The summed E-state index contributed by atoms with van der Waals surface area (Å²) >= 11 is 0. The largest absolute Gasteiger partial charge is 0.496 e. The molecule has 0 spiro atoms. The Morgan fingerprint density at radius 3 is 1.94 bits per heavy atom. The zero-order valence-corrected chi connectivity index (χ0v) is 12.2. The molecule has 0 unspecified atom stereocenters. The van der Waals surface area contributed by atoms with Gasteiger partial charge in [-0.3, -0.25) is 0 Å². The van der Waals surface area contributed by atoms with Crippen LogP contribution in [-0.4, -0.2) is 7.11 Å². The highest BCUT2D eigenvalue weighted by Crippen LogP contribution is 2.51. The average molecular weight is 247 g/mol. The first-order chi connectivity index (χ1) is 8.40. The normalized spacial score (nSPS) is 17.3. The van der Waals surface area contributed by atoms with Crippen molar-refractivity contribution in [2.45, 2.75) is 57.9 Å². The number of rotatable bonds is 4. The number of hydrogen-bond acceptors (Lipinski definition) is 2. The minimum Gasteiger partial charge on any atom is -0.496 e. The molecule has 0 aliphatic heterocycles. The summed E-state index contributed by atoms with van der Waals surface area (Å²) < 4.78 is 5.72. The van der Waals surface area contributed by atoms with Crippen molar-refractivity contribution in [1.29, 1.82) is 0 Å². The molecule has 2 N–H and O–H groups in total. The highest BCUT2D eigenvalue weighted by Gasteiger charge is 2.44. The molecule has 0 saturated heterocycles. The Labute approximate surface area is 111 Å². The third-order valence-corrected chi connectivity index (χ3v) is 3.96. The van der Waals surface area contributed by atoms with Crippen LogP contribution in [0.25, 0.3) is 0 Å². The lowest BCUT2D eigenvalue weighted by atomic mass is 9.86. The van der Waals surface area contributed by atoms with Crippen LogP contribution >= 0.6 is 0 Å². The van der Waals surface area contributed by atoms with E-state index in [1.54, 1.807) is 7.11 Å². The third kappa shape index (κ3) is 2.14. The fourth-order valence-electron chi connectivity index (χ4n) is 2.67. The highest BCUT2D eigenvalue weighted by molar-refractivity contribution is 5.54. The Kier molecular flexibility index (Phi) is 3.41. The summed E-state index contributed by atoms with van der Waals surface area (Å²) in [5.74, 6) is 1.97. The highest BCUT2D eigenvalue weighted by atomic mass is 16.5. The van der Waals surface area contributed by atoms with Gasteiger partial charge < -0.3 is 10.5 Å². The van der Waals surface area contributed by atoms with Crippen molar-refractivity contribution < 1.29 is 4.74 Å². The SMILES string of the molecule is COc1c(C(C)C)ccc(C(C)C)c1C1(N)CC1. The number of hydrogen-bond donors (Lipinski definition) is 1. The molecular weight excluding hydrogens is 222 g/mol. The van der Waals surface area contributed by atoms with Crippen LogP contribution in [0.1, 0.15) is 69.1 Å². The molecule has 0 bridgehead atoms. The van der Waals surface area contributed by atoms with E-state index in [4.69, 9.17) is 10.5 Å². The first kappa shape index (κ1) is 13.4. The molecule has 1 aliphatic carbocycles. The lowest BCUT2D eigenvalue weighted by Gasteiger charge is -2.24. The molecule has 0 amide bonds. The minimum absolute atomic E-state index is 0.143. The lowest BCUT2D eigenvalue weighted by molar-refractivity contribution is 0.395. The van der Waals surface area contributed by atoms with Crippen LogP contribution in [0.2, 0.25) is 0 Å². The van der Waals surface area contributed by atoms with E-state index in [9.17, 15) is 0 Å². The molecule has 2 heteroatoms. The van der Waals surface area contributed by atoms with Crippen molar-refractivity contribution in [2.24, 2.45) is 5.73 Å². The minimum atomic E-state index is -0.143. The summed E-state index contributed by atoms with van der Waals surface area (Å²) in [5, 5.41) is 0. The second-order valence-electron chi connectivity index (χ2n) is 6.12. The molecule has 18 heavy (non-hydrogen) atoms. The topological polar surface area (TPSA) is 35.2 Å². The van der Waals surface area contributed by atoms with Crippen molar-refractivity contribution in [3.63, 3.8) is 0 Å². The van der Waals surface area contributed by atoms with Crippen LogP contribution in [0.15, 0.2) is 12.1 Å². The quantitative estimate of drug-likeness (QED) is 0.876. The van der Waals surface area contributed by atoms with E-state index in [0.29, 0.717) is 11.8 Å². The monoisotopic (exact) mass is 247 g/mol. The van der Waals surface area contributed by atoms with Crippen molar-refractivity contribution in [2.75, 3.05) is 7.11 Å². The predicted molar refractivity (Wildman–Crippen MR) is 76.3 cm³/mol. The molecule has 1 aromatic carbocycles. The van der Waals surface area contributed by atoms with Crippen LogP contribution in [0.5, 0.6) is 5.75 Å².